The number of carbonyl (C=O) groups is 1. The molecule has 1 aliphatic heterocycles. The van der Waals surface area contributed by atoms with Crippen molar-refractivity contribution >= 4 is 18.3 Å². The second-order valence-corrected chi connectivity index (χ2v) is 5.26. The zero-order valence-corrected chi connectivity index (χ0v) is 12.8. The van der Waals surface area contributed by atoms with Gasteiger partial charge >= 0.3 is 0 Å². The molecule has 1 saturated heterocycles. The van der Waals surface area contributed by atoms with E-state index in [1.165, 1.54) is 12.1 Å². The van der Waals surface area contributed by atoms with Gasteiger partial charge in [0.2, 0.25) is 0 Å². The van der Waals surface area contributed by atoms with Crippen LogP contribution in [0.2, 0.25) is 0 Å². The molecule has 1 aliphatic rings. The third-order valence-corrected chi connectivity index (χ3v) is 3.81. The number of hydrogen-bond donors (Lipinski definition) is 1. The van der Waals surface area contributed by atoms with Gasteiger partial charge in [-0.15, -0.1) is 12.4 Å². The summed E-state index contributed by atoms with van der Waals surface area (Å²) in [6.07, 6.45) is 2.65. The summed E-state index contributed by atoms with van der Waals surface area (Å²) in [5.74, 6) is 0.00652. The Hall–Kier alpha value is -1.92. The number of hydrogen-bond acceptors (Lipinski definition) is 3. The van der Waals surface area contributed by atoms with E-state index in [2.05, 4.69) is 5.10 Å². The monoisotopic (exact) mass is 324 g/mol. The van der Waals surface area contributed by atoms with Gasteiger partial charge in [0.15, 0.2) is 5.69 Å². The number of rotatable bonds is 3. The zero-order valence-electron chi connectivity index (χ0n) is 12.0. The molecule has 118 valence electrons. The Morgan fingerprint density at radius 3 is 2.68 bits per heavy atom. The highest BCUT2D eigenvalue weighted by Gasteiger charge is 2.27. The van der Waals surface area contributed by atoms with Crippen LogP contribution in [-0.2, 0) is 0 Å². The van der Waals surface area contributed by atoms with Crippen molar-refractivity contribution in [1.29, 1.82) is 0 Å². The first-order chi connectivity index (χ1) is 10.2. The first-order valence-electron chi connectivity index (χ1n) is 6.98. The molecule has 0 aliphatic carbocycles. The number of halogens is 2. The average molecular weight is 325 g/mol. The van der Waals surface area contributed by atoms with E-state index in [4.69, 9.17) is 5.73 Å². The van der Waals surface area contributed by atoms with Gasteiger partial charge in [-0.2, -0.15) is 5.10 Å². The van der Waals surface area contributed by atoms with Gasteiger partial charge in [0, 0.05) is 19.3 Å². The first kappa shape index (κ1) is 16.5. The van der Waals surface area contributed by atoms with Crippen LogP contribution in [0.1, 0.15) is 16.9 Å². The summed E-state index contributed by atoms with van der Waals surface area (Å²) in [5, 5.41) is 4.28. The van der Waals surface area contributed by atoms with Crippen LogP contribution in [0.3, 0.4) is 0 Å². The van der Waals surface area contributed by atoms with E-state index in [1.54, 1.807) is 34.0 Å². The molecule has 22 heavy (non-hydrogen) atoms. The van der Waals surface area contributed by atoms with Crippen LogP contribution in [0.5, 0.6) is 0 Å². The van der Waals surface area contributed by atoms with Crippen LogP contribution >= 0.6 is 12.4 Å². The van der Waals surface area contributed by atoms with Gasteiger partial charge in [-0.3, -0.25) is 4.79 Å². The molecule has 1 aromatic heterocycles. The summed E-state index contributed by atoms with van der Waals surface area (Å²) >= 11 is 0. The minimum Gasteiger partial charge on any atom is -0.337 e. The minimum atomic E-state index is -0.299. The van der Waals surface area contributed by atoms with Crippen LogP contribution in [-0.4, -0.2) is 40.2 Å². The number of likely N-dealkylation sites (tertiary alicyclic amines) is 1. The molecule has 7 heteroatoms. The number of carbonyl (C=O) groups excluding carboxylic acids is 1. The normalized spacial score (nSPS) is 17.4. The lowest BCUT2D eigenvalue weighted by molar-refractivity contribution is 0.0781. The van der Waals surface area contributed by atoms with Crippen molar-refractivity contribution in [1.82, 2.24) is 14.7 Å². The Kier molecular flexibility index (Phi) is 5.15. The lowest BCUT2D eigenvalue weighted by Gasteiger charge is -2.14. The molecule has 0 bridgehead atoms. The molecular weight excluding hydrogens is 307 g/mol. The van der Waals surface area contributed by atoms with Gasteiger partial charge in [0.1, 0.15) is 5.82 Å². The van der Waals surface area contributed by atoms with Gasteiger partial charge < -0.3 is 10.6 Å². The van der Waals surface area contributed by atoms with Crippen molar-refractivity contribution < 1.29 is 9.18 Å². The van der Waals surface area contributed by atoms with Crippen molar-refractivity contribution in [3.8, 4) is 5.69 Å². The molecular formula is C15H18ClFN4O. The highest BCUT2D eigenvalue weighted by molar-refractivity contribution is 5.92. The molecule has 2 N–H and O–H groups in total. The van der Waals surface area contributed by atoms with Crippen molar-refractivity contribution in [2.45, 2.75) is 6.42 Å². The Balaban J connectivity index is 0.00000176. The topological polar surface area (TPSA) is 64.2 Å². The fourth-order valence-corrected chi connectivity index (χ4v) is 2.55. The second-order valence-electron chi connectivity index (χ2n) is 5.26. The maximum atomic E-state index is 12.9. The summed E-state index contributed by atoms with van der Waals surface area (Å²) in [4.78, 5) is 14.1. The average Bonchev–Trinajstić information content (AvgIpc) is 3.16. The fraction of sp³-hybridized carbons (Fsp3) is 0.333. The van der Waals surface area contributed by atoms with Crippen LogP contribution in [0, 0.1) is 11.7 Å². The van der Waals surface area contributed by atoms with Crippen molar-refractivity contribution in [3.05, 3.63) is 48.0 Å². The SMILES string of the molecule is Cl.NCC1CCN(C(=O)c2ccn(-c3ccc(F)cc3)n2)C1. The molecule has 1 unspecified atom stereocenters. The van der Waals surface area contributed by atoms with Crippen LogP contribution in [0.4, 0.5) is 4.39 Å². The summed E-state index contributed by atoms with van der Waals surface area (Å²) in [6.45, 7) is 2.02. The summed E-state index contributed by atoms with van der Waals surface area (Å²) < 4.78 is 14.5. The third-order valence-electron chi connectivity index (χ3n) is 3.81. The van der Waals surface area contributed by atoms with Gasteiger partial charge in [0.25, 0.3) is 5.91 Å². The Labute approximate surface area is 134 Å². The van der Waals surface area contributed by atoms with E-state index >= 15 is 0 Å². The highest BCUT2D eigenvalue weighted by Crippen LogP contribution is 2.17. The predicted molar refractivity (Wildman–Crippen MR) is 83.8 cm³/mol. The zero-order chi connectivity index (χ0) is 14.8. The summed E-state index contributed by atoms with van der Waals surface area (Å²) in [5.41, 5.74) is 6.76. The highest BCUT2D eigenvalue weighted by atomic mass is 35.5. The maximum Gasteiger partial charge on any atom is 0.274 e. The second kappa shape index (κ2) is 6.89. The van der Waals surface area contributed by atoms with E-state index in [1.807, 2.05) is 0 Å². The number of aromatic nitrogens is 2. The molecule has 3 rings (SSSR count). The predicted octanol–water partition coefficient (Wildman–Crippen LogP) is 1.85. The molecule has 5 nitrogen and oxygen atoms in total. The number of benzene rings is 1. The molecule has 1 amide bonds. The maximum absolute atomic E-state index is 12.9. The lowest BCUT2D eigenvalue weighted by atomic mass is 10.1. The lowest BCUT2D eigenvalue weighted by Crippen LogP contribution is -2.30. The largest absolute Gasteiger partial charge is 0.337 e. The van der Waals surface area contributed by atoms with Crippen LogP contribution < -0.4 is 5.73 Å². The van der Waals surface area contributed by atoms with E-state index in [9.17, 15) is 9.18 Å². The molecule has 0 saturated carbocycles. The van der Waals surface area contributed by atoms with Gasteiger partial charge in [-0.05, 0) is 49.2 Å². The van der Waals surface area contributed by atoms with Crippen LogP contribution in [0.15, 0.2) is 36.5 Å². The smallest absolute Gasteiger partial charge is 0.274 e. The third kappa shape index (κ3) is 3.28. The standard InChI is InChI=1S/C15H17FN4O.ClH/c16-12-1-3-13(4-2-12)20-8-6-14(18-20)15(21)19-7-5-11(9-17)10-19;/h1-4,6,8,11H,5,7,9-10,17H2;1H. The van der Waals surface area contributed by atoms with Gasteiger partial charge in [-0.25, -0.2) is 9.07 Å². The number of nitrogens with zero attached hydrogens (tertiary/aromatic N) is 3. The van der Waals surface area contributed by atoms with Crippen molar-refractivity contribution in [2.24, 2.45) is 11.7 Å². The number of nitrogens with two attached hydrogens (primary N) is 1. The molecule has 0 spiro atoms. The van der Waals surface area contributed by atoms with Crippen LogP contribution in [0.25, 0.3) is 5.69 Å². The molecule has 1 fully saturated rings. The summed E-state index contributed by atoms with van der Waals surface area (Å²) in [6, 6.07) is 7.66. The first-order valence-corrected chi connectivity index (χ1v) is 6.98. The van der Waals surface area contributed by atoms with Crippen molar-refractivity contribution in [3.63, 3.8) is 0 Å². The molecule has 2 heterocycles. The minimum absolute atomic E-state index is 0. The van der Waals surface area contributed by atoms with E-state index in [-0.39, 0.29) is 24.1 Å². The van der Waals surface area contributed by atoms with Gasteiger partial charge in [0.05, 0.1) is 5.69 Å². The quantitative estimate of drug-likeness (QED) is 0.937. The van der Waals surface area contributed by atoms with E-state index in [0.717, 1.165) is 18.7 Å². The Morgan fingerprint density at radius 2 is 2.05 bits per heavy atom. The molecule has 1 aromatic carbocycles. The molecule has 0 radical (unpaired) electrons. The Morgan fingerprint density at radius 1 is 1.32 bits per heavy atom. The molecule has 2 aromatic rings. The summed E-state index contributed by atoms with van der Waals surface area (Å²) in [7, 11) is 0. The molecule has 1 atom stereocenters. The van der Waals surface area contributed by atoms with E-state index in [0.29, 0.717) is 24.7 Å². The van der Waals surface area contributed by atoms with Gasteiger partial charge in [-0.1, -0.05) is 0 Å². The number of amides is 1. The van der Waals surface area contributed by atoms with E-state index < -0.39 is 0 Å². The fourth-order valence-electron chi connectivity index (χ4n) is 2.55. The van der Waals surface area contributed by atoms with Crippen molar-refractivity contribution in [2.75, 3.05) is 19.6 Å². The Bertz CT molecular complexity index is 643.